The van der Waals surface area contributed by atoms with Gasteiger partial charge in [-0.15, -0.1) is 0 Å². The van der Waals surface area contributed by atoms with Gasteiger partial charge in [-0.2, -0.15) is 0 Å². The highest BCUT2D eigenvalue weighted by Crippen LogP contribution is 2.60. The van der Waals surface area contributed by atoms with Crippen LogP contribution in [0.3, 0.4) is 0 Å². The van der Waals surface area contributed by atoms with Crippen LogP contribution in [0.15, 0.2) is 465 Å². The number of benzene rings is 18. The summed E-state index contributed by atoms with van der Waals surface area (Å²) in [4.78, 5) is 9.62. The van der Waals surface area contributed by atoms with E-state index in [2.05, 4.69) is 490 Å². The van der Waals surface area contributed by atoms with Crippen molar-refractivity contribution in [1.29, 1.82) is 0 Å². The van der Waals surface area contributed by atoms with E-state index < -0.39 is 5.41 Å². The first kappa shape index (κ1) is 70.7. The lowest BCUT2D eigenvalue weighted by molar-refractivity contribution is 0.669. The van der Waals surface area contributed by atoms with E-state index in [1.54, 1.807) is 0 Å². The fourth-order valence-corrected chi connectivity index (χ4v) is 18.0. The molecule has 556 valence electrons. The molecular weight excluding hydrogens is 1420 g/mol. The topological polar surface area (TPSA) is 36.0 Å². The number of rotatable bonds is 16. The van der Waals surface area contributed by atoms with Crippen LogP contribution in [-0.4, -0.2) is 9.13 Å². The van der Waals surface area contributed by atoms with Gasteiger partial charge in [0.1, 0.15) is 11.2 Å². The molecule has 0 spiro atoms. The summed E-state index contributed by atoms with van der Waals surface area (Å²) < 4.78 is 11.1. The van der Waals surface area contributed by atoms with Crippen LogP contribution in [0, 0.1) is 0 Å². The summed E-state index contributed by atoms with van der Waals surface area (Å²) in [5.41, 5.74) is 27.6. The largest absolute Gasteiger partial charge is 0.456 e. The van der Waals surface area contributed by atoms with E-state index in [0.717, 1.165) is 113 Å². The first-order chi connectivity index (χ1) is 57.6. The van der Waals surface area contributed by atoms with Gasteiger partial charge in [-0.05, 0) is 228 Å². The molecule has 18 aromatic carbocycles. The second-order valence-electron chi connectivity index (χ2n) is 29.5. The number of para-hydroxylation sites is 12. The fourth-order valence-electron chi connectivity index (χ4n) is 18.0. The lowest BCUT2D eigenvalue weighted by Crippen LogP contribution is -2.30. The van der Waals surface area contributed by atoms with Crippen LogP contribution in [0.1, 0.15) is 29.7 Å². The Morgan fingerprint density at radius 2 is 0.410 bits per heavy atom. The molecule has 0 radical (unpaired) electrons. The zero-order chi connectivity index (χ0) is 76.9. The summed E-state index contributed by atoms with van der Waals surface area (Å²) in [7, 11) is 0. The van der Waals surface area contributed by atoms with Crippen LogP contribution in [0.2, 0.25) is 0 Å². The van der Waals surface area contributed by atoms with Crippen molar-refractivity contribution >= 4 is 134 Å². The minimum Gasteiger partial charge on any atom is -0.456 e. The summed E-state index contributed by atoms with van der Waals surface area (Å²) in [6.45, 7) is 0. The second kappa shape index (κ2) is 30.2. The summed E-state index contributed by atoms with van der Waals surface area (Å²) in [6, 6.07) is 167. The van der Waals surface area contributed by atoms with Gasteiger partial charge in [0, 0.05) is 112 Å². The number of hydrogen-bond acceptors (Lipinski definition) is 5. The molecule has 0 unspecified atom stereocenters. The number of nitrogens with zero attached hydrogens (tertiary/aromatic N) is 6. The number of fused-ring (bicyclic) bond motifs is 12. The SMILES string of the molecule is C.c1ccc(N(c2ccccc2)c2cc(N(c3ccccc3)c3ccccc3)cc(C3(c4cc(N(c5ccccc5)c5ccccc5)cc(N(c5ccccc5)c5ccccc5)c4)c4ccccc4-c4ccccc43)c2)cc1.c1ccc2c(c1)c1ccccc1n2-c1ccc2oc3ccc(-n4c5ccccc5c5ccccc54)cc3c2c1. The van der Waals surface area contributed by atoms with Gasteiger partial charge < -0.3 is 33.2 Å². The van der Waals surface area contributed by atoms with Crippen molar-refractivity contribution in [3.05, 3.63) is 483 Å². The van der Waals surface area contributed by atoms with Gasteiger partial charge in [-0.3, -0.25) is 0 Å². The van der Waals surface area contributed by atoms with E-state index in [4.69, 9.17) is 4.42 Å². The quantitative estimate of drug-likeness (QED) is 0.0963. The zero-order valence-electron chi connectivity index (χ0n) is 63.5. The van der Waals surface area contributed by atoms with Gasteiger partial charge in [-0.25, -0.2) is 0 Å². The maximum Gasteiger partial charge on any atom is 0.135 e. The van der Waals surface area contributed by atoms with Crippen molar-refractivity contribution in [2.75, 3.05) is 19.6 Å². The first-order valence-corrected chi connectivity index (χ1v) is 39.6. The van der Waals surface area contributed by atoms with Crippen molar-refractivity contribution < 1.29 is 4.42 Å². The minimum atomic E-state index is -0.890. The van der Waals surface area contributed by atoms with E-state index in [1.165, 1.54) is 65.9 Å². The lowest BCUT2D eigenvalue weighted by Gasteiger charge is -2.38. The molecule has 0 atom stereocenters. The van der Waals surface area contributed by atoms with Gasteiger partial charge in [0.05, 0.1) is 27.5 Å². The van der Waals surface area contributed by atoms with Gasteiger partial charge in [-0.1, -0.05) is 274 Å². The highest BCUT2D eigenvalue weighted by Gasteiger charge is 2.48. The van der Waals surface area contributed by atoms with Crippen molar-refractivity contribution in [2.45, 2.75) is 12.8 Å². The normalized spacial score (nSPS) is 11.9. The van der Waals surface area contributed by atoms with E-state index >= 15 is 0 Å². The Labute approximate surface area is 681 Å². The van der Waals surface area contributed by atoms with Crippen LogP contribution in [0.5, 0.6) is 0 Å². The Balaban J connectivity index is 0.000000183. The standard InChI is InChI=1S/C73H54N4.C36H22N2O.CH4/c1-9-29-57(30-10-1)74(58-31-11-2-12-32-58)65-49-55(50-66(53-65)75(59-33-13-3-14-34-59)60-35-15-4-16-36-60)73(71-47-27-25-45-69(71)70-46-26-28-48-72(70)73)56-51-67(76(61-37-17-5-18-38-61)62-39-19-6-20-40-62)54-68(52-56)77(63-41-21-7-22-42-63)64-43-23-8-24-44-64;1-5-13-31-25(9-1)26-10-2-6-14-32(26)37(31)23-17-19-35-29(21-23)30-22-24(18-20-36(30)39-35)38-33-15-7-3-11-27(33)28-12-4-8-16-34(28)38;/h1-54H;1-22H;1H4. The molecule has 7 heteroatoms. The van der Waals surface area contributed by atoms with Crippen LogP contribution in [-0.2, 0) is 5.41 Å². The molecule has 0 fully saturated rings. The third kappa shape index (κ3) is 12.4. The van der Waals surface area contributed by atoms with E-state index in [0.29, 0.717) is 0 Å². The summed E-state index contributed by atoms with van der Waals surface area (Å²) in [5, 5.41) is 7.29. The van der Waals surface area contributed by atoms with Gasteiger partial charge in [0.2, 0.25) is 0 Å². The summed E-state index contributed by atoms with van der Waals surface area (Å²) in [5.74, 6) is 0. The monoisotopic (exact) mass is 1500 g/mol. The predicted octanol–water partition coefficient (Wildman–Crippen LogP) is 30.3. The Morgan fingerprint density at radius 3 is 0.667 bits per heavy atom. The highest BCUT2D eigenvalue weighted by atomic mass is 16.3. The number of anilines is 12. The minimum absolute atomic E-state index is 0. The molecule has 7 nitrogen and oxygen atoms in total. The van der Waals surface area contributed by atoms with Crippen LogP contribution in [0.25, 0.3) is 88.1 Å². The van der Waals surface area contributed by atoms with Crippen LogP contribution >= 0.6 is 0 Å². The molecule has 22 rings (SSSR count). The van der Waals surface area contributed by atoms with Crippen molar-refractivity contribution in [3.8, 4) is 22.5 Å². The summed E-state index contributed by atoms with van der Waals surface area (Å²) in [6.07, 6.45) is 0. The average molecular weight is 1500 g/mol. The fraction of sp³-hybridized carbons (Fsp3) is 0.0182. The highest BCUT2D eigenvalue weighted by molar-refractivity contribution is 6.13. The second-order valence-corrected chi connectivity index (χ2v) is 29.5. The molecule has 0 N–H and O–H groups in total. The first-order valence-electron chi connectivity index (χ1n) is 39.6. The van der Waals surface area contributed by atoms with E-state index in [9.17, 15) is 0 Å². The van der Waals surface area contributed by atoms with Crippen LogP contribution < -0.4 is 19.6 Å². The number of aromatic nitrogens is 2. The molecule has 117 heavy (non-hydrogen) atoms. The molecule has 0 amide bonds. The predicted molar refractivity (Wildman–Crippen MR) is 492 cm³/mol. The average Bonchev–Trinajstić information content (AvgIpc) is 1.55. The van der Waals surface area contributed by atoms with E-state index in [-0.39, 0.29) is 7.43 Å². The zero-order valence-corrected chi connectivity index (χ0v) is 63.5. The molecule has 0 aliphatic heterocycles. The van der Waals surface area contributed by atoms with Crippen molar-refractivity contribution in [2.24, 2.45) is 0 Å². The smallest absolute Gasteiger partial charge is 0.135 e. The van der Waals surface area contributed by atoms with Gasteiger partial charge in [0.15, 0.2) is 0 Å². The molecule has 21 aromatic rings. The third-order valence-electron chi connectivity index (χ3n) is 22.9. The van der Waals surface area contributed by atoms with Gasteiger partial charge in [0.25, 0.3) is 0 Å². The molecule has 1 aliphatic carbocycles. The molecule has 0 bridgehead atoms. The molecule has 0 saturated carbocycles. The number of hydrogen-bond donors (Lipinski definition) is 0. The molecule has 3 heterocycles. The molecule has 0 saturated heterocycles. The number of furan rings is 1. The Hall–Kier alpha value is -15.4. The maximum atomic E-state index is 6.33. The third-order valence-corrected chi connectivity index (χ3v) is 22.9. The Bertz CT molecular complexity index is 6260. The van der Waals surface area contributed by atoms with Gasteiger partial charge >= 0.3 is 0 Å². The molecular formula is C110H80N6O. The molecule has 1 aliphatic rings. The van der Waals surface area contributed by atoms with Crippen LogP contribution in [0.4, 0.5) is 68.2 Å². The Kier molecular flexibility index (Phi) is 18.3. The lowest BCUT2D eigenvalue weighted by atomic mass is 9.67. The van der Waals surface area contributed by atoms with Crippen molar-refractivity contribution in [3.63, 3.8) is 0 Å². The van der Waals surface area contributed by atoms with E-state index in [1.807, 2.05) is 0 Å². The molecule has 3 aromatic heterocycles. The van der Waals surface area contributed by atoms with Crippen molar-refractivity contribution in [1.82, 2.24) is 9.13 Å². The maximum absolute atomic E-state index is 6.33. The summed E-state index contributed by atoms with van der Waals surface area (Å²) >= 11 is 0. The Morgan fingerprint density at radius 1 is 0.188 bits per heavy atom.